The van der Waals surface area contributed by atoms with E-state index >= 15 is 0 Å². The van der Waals surface area contributed by atoms with Crippen LogP contribution in [-0.4, -0.2) is 55.4 Å². The van der Waals surface area contributed by atoms with E-state index in [1.54, 1.807) is 28.4 Å². The SMILES string of the molecule is CCNC(=O)[C@H]1C[C@@H](n2cnc3c(N[C@@H](CC)Cc4sccc4Cl)ccnc32)[C@H](O)[C@@H]1O. The van der Waals surface area contributed by atoms with Gasteiger partial charge in [0, 0.05) is 30.1 Å². The summed E-state index contributed by atoms with van der Waals surface area (Å²) >= 11 is 7.92. The van der Waals surface area contributed by atoms with Crippen LogP contribution >= 0.6 is 22.9 Å². The molecule has 0 unspecified atom stereocenters. The van der Waals surface area contributed by atoms with Crippen molar-refractivity contribution in [3.8, 4) is 0 Å². The smallest absolute Gasteiger partial charge is 0.225 e. The Labute approximate surface area is 195 Å². The Morgan fingerprint density at radius 1 is 1.31 bits per heavy atom. The number of carbonyl (C=O) groups excluding carboxylic acids is 1. The molecular formula is C22H28ClN5O3S. The Morgan fingerprint density at radius 2 is 2.12 bits per heavy atom. The molecule has 0 radical (unpaired) electrons. The molecule has 0 aliphatic heterocycles. The van der Waals surface area contributed by atoms with Crippen LogP contribution < -0.4 is 10.6 Å². The van der Waals surface area contributed by atoms with Gasteiger partial charge >= 0.3 is 0 Å². The third kappa shape index (κ3) is 4.34. The van der Waals surface area contributed by atoms with Gasteiger partial charge in [0.15, 0.2) is 5.65 Å². The Bertz CT molecular complexity index is 1090. The number of anilines is 1. The second kappa shape index (κ2) is 9.74. The number of thiophene rings is 1. The lowest BCUT2D eigenvalue weighted by atomic mass is 10.0. The molecule has 3 aromatic rings. The van der Waals surface area contributed by atoms with Crippen molar-refractivity contribution in [1.82, 2.24) is 19.9 Å². The molecule has 8 nitrogen and oxygen atoms in total. The highest BCUT2D eigenvalue weighted by Crippen LogP contribution is 2.37. The minimum atomic E-state index is -1.13. The molecule has 1 fully saturated rings. The lowest BCUT2D eigenvalue weighted by molar-refractivity contribution is -0.128. The minimum absolute atomic E-state index is 0.169. The van der Waals surface area contributed by atoms with Crippen LogP contribution in [0.1, 0.15) is 37.6 Å². The molecule has 172 valence electrons. The van der Waals surface area contributed by atoms with Gasteiger partial charge in [-0.25, -0.2) is 9.97 Å². The van der Waals surface area contributed by atoms with E-state index in [2.05, 4.69) is 27.5 Å². The molecule has 4 rings (SSSR count). The first-order valence-electron chi connectivity index (χ1n) is 10.9. The van der Waals surface area contributed by atoms with Crippen molar-refractivity contribution in [2.75, 3.05) is 11.9 Å². The lowest BCUT2D eigenvalue weighted by Gasteiger charge is -2.19. The quantitative estimate of drug-likeness (QED) is 0.397. The van der Waals surface area contributed by atoms with Crippen molar-refractivity contribution >= 4 is 45.7 Å². The summed E-state index contributed by atoms with van der Waals surface area (Å²) < 4.78 is 1.77. The average Bonchev–Trinajstić information content (AvgIpc) is 3.47. The number of nitrogens with one attached hydrogen (secondary N) is 2. The summed E-state index contributed by atoms with van der Waals surface area (Å²) in [5.41, 5.74) is 2.14. The van der Waals surface area contributed by atoms with Gasteiger partial charge in [-0.2, -0.15) is 0 Å². The van der Waals surface area contributed by atoms with E-state index in [0.717, 1.165) is 28.4 Å². The van der Waals surface area contributed by atoms with E-state index in [1.807, 2.05) is 24.4 Å². The highest BCUT2D eigenvalue weighted by Gasteiger charge is 2.46. The molecule has 10 heteroatoms. The Hall–Kier alpha value is -2.20. The number of halogens is 1. The first-order valence-corrected chi connectivity index (χ1v) is 12.1. The summed E-state index contributed by atoms with van der Waals surface area (Å²) in [4.78, 5) is 22.5. The topological polar surface area (TPSA) is 112 Å². The predicted molar refractivity (Wildman–Crippen MR) is 126 cm³/mol. The van der Waals surface area contributed by atoms with Crippen molar-refractivity contribution in [3.63, 3.8) is 0 Å². The van der Waals surface area contributed by atoms with E-state index in [9.17, 15) is 15.0 Å². The first-order chi connectivity index (χ1) is 15.4. The fourth-order valence-electron chi connectivity index (χ4n) is 4.36. The second-order valence-electron chi connectivity index (χ2n) is 8.11. The summed E-state index contributed by atoms with van der Waals surface area (Å²) in [6.07, 6.45) is 3.13. The van der Waals surface area contributed by atoms with Crippen LogP contribution in [-0.2, 0) is 11.2 Å². The molecule has 1 saturated carbocycles. The van der Waals surface area contributed by atoms with Gasteiger partial charge in [0.05, 0.1) is 35.1 Å². The van der Waals surface area contributed by atoms with Crippen molar-refractivity contribution in [2.24, 2.45) is 5.92 Å². The normalized spacial score (nSPS) is 24.0. The van der Waals surface area contributed by atoms with Gasteiger partial charge in [-0.3, -0.25) is 4.79 Å². The molecule has 1 amide bonds. The van der Waals surface area contributed by atoms with Gasteiger partial charge in [-0.1, -0.05) is 18.5 Å². The van der Waals surface area contributed by atoms with E-state index in [-0.39, 0.29) is 11.9 Å². The number of rotatable bonds is 8. The van der Waals surface area contributed by atoms with E-state index in [1.165, 1.54) is 0 Å². The van der Waals surface area contributed by atoms with Crippen LogP contribution in [0.3, 0.4) is 0 Å². The molecule has 0 bridgehead atoms. The van der Waals surface area contributed by atoms with E-state index in [4.69, 9.17) is 11.6 Å². The predicted octanol–water partition coefficient (Wildman–Crippen LogP) is 3.00. The van der Waals surface area contributed by atoms with Gasteiger partial charge in [0.1, 0.15) is 11.6 Å². The lowest BCUT2D eigenvalue weighted by Crippen LogP contribution is -2.38. The number of hydrogen-bond acceptors (Lipinski definition) is 7. The van der Waals surface area contributed by atoms with Crippen LogP contribution in [0.4, 0.5) is 5.69 Å². The molecule has 32 heavy (non-hydrogen) atoms. The number of carbonyl (C=O) groups is 1. The standard InChI is InChI=1S/C22H28ClN5O3S/c1-3-12(9-17-14(23)6-8-32-17)27-15-5-7-25-21-18(15)26-11-28(21)16-10-13(19(29)20(16)30)22(31)24-4-2/h5-8,11-13,16,19-20,29-30H,3-4,9-10H2,1-2H3,(H,24,31)(H,25,27)/t12-,13-,16+,19+,20-/m0/s1. The summed E-state index contributed by atoms with van der Waals surface area (Å²) in [5.74, 6) is -0.923. The van der Waals surface area contributed by atoms with Gasteiger partial charge in [0.2, 0.25) is 5.91 Å². The Balaban J connectivity index is 1.58. The van der Waals surface area contributed by atoms with Crippen molar-refractivity contribution in [3.05, 3.63) is 39.9 Å². The van der Waals surface area contributed by atoms with Gasteiger partial charge in [-0.05, 0) is 37.3 Å². The Morgan fingerprint density at radius 3 is 2.81 bits per heavy atom. The van der Waals surface area contributed by atoms with Gasteiger partial charge < -0.3 is 25.4 Å². The summed E-state index contributed by atoms with van der Waals surface area (Å²) in [6, 6.07) is 3.48. The van der Waals surface area contributed by atoms with E-state index < -0.39 is 24.2 Å². The Kier molecular flexibility index (Phi) is 6.99. The molecule has 0 saturated heterocycles. The zero-order valence-corrected chi connectivity index (χ0v) is 19.6. The maximum Gasteiger partial charge on any atom is 0.225 e. The highest BCUT2D eigenvalue weighted by atomic mass is 35.5. The summed E-state index contributed by atoms with van der Waals surface area (Å²) in [6.45, 7) is 4.42. The van der Waals surface area contributed by atoms with Crippen LogP contribution in [0.5, 0.6) is 0 Å². The third-order valence-corrected chi connectivity index (χ3v) is 7.54. The molecule has 1 aliphatic carbocycles. The number of nitrogens with zero attached hydrogens (tertiary/aromatic N) is 3. The molecule has 0 spiro atoms. The average molecular weight is 478 g/mol. The fourth-order valence-corrected chi connectivity index (χ4v) is 5.55. The number of fused-ring (bicyclic) bond motifs is 1. The molecular weight excluding hydrogens is 450 g/mol. The maximum absolute atomic E-state index is 12.3. The number of aliphatic hydroxyl groups excluding tert-OH is 2. The molecule has 0 aromatic carbocycles. The van der Waals surface area contributed by atoms with Crippen molar-refractivity contribution in [1.29, 1.82) is 0 Å². The van der Waals surface area contributed by atoms with Crippen LogP contribution in [0.15, 0.2) is 30.0 Å². The van der Waals surface area contributed by atoms with Crippen LogP contribution in [0.2, 0.25) is 5.02 Å². The summed E-state index contributed by atoms with van der Waals surface area (Å²) in [7, 11) is 0. The fraction of sp³-hybridized carbons (Fsp3) is 0.500. The molecule has 3 heterocycles. The number of aliphatic hydroxyl groups is 2. The summed E-state index contributed by atoms with van der Waals surface area (Å²) in [5, 5.41) is 30.2. The minimum Gasteiger partial charge on any atom is -0.390 e. The van der Waals surface area contributed by atoms with Crippen LogP contribution in [0, 0.1) is 5.92 Å². The first kappa shape index (κ1) is 23.0. The van der Waals surface area contributed by atoms with E-state index in [0.29, 0.717) is 24.1 Å². The van der Waals surface area contributed by atoms with Gasteiger partial charge in [-0.15, -0.1) is 11.3 Å². The number of aromatic nitrogens is 3. The maximum atomic E-state index is 12.3. The zero-order chi connectivity index (χ0) is 22.8. The highest BCUT2D eigenvalue weighted by molar-refractivity contribution is 7.10. The van der Waals surface area contributed by atoms with Crippen molar-refractivity contribution < 1.29 is 15.0 Å². The van der Waals surface area contributed by atoms with Crippen LogP contribution in [0.25, 0.3) is 11.2 Å². The number of amides is 1. The number of imidazole rings is 1. The molecule has 3 aromatic heterocycles. The van der Waals surface area contributed by atoms with Crippen molar-refractivity contribution in [2.45, 2.75) is 57.4 Å². The second-order valence-corrected chi connectivity index (χ2v) is 9.52. The van der Waals surface area contributed by atoms with Gasteiger partial charge in [0.25, 0.3) is 0 Å². The zero-order valence-electron chi connectivity index (χ0n) is 18.0. The monoisotopic (exact) mass is 477 g/mol. The molecule has 4 N–H and O–H groups in total. The molecule has 5 atom stereocenters. The number of hydrogen-bond donors (Lipinski definition) is 4. The largest absolute Gasteiger partial charge is 0.390 e. The molecule has 1 aliphatic rings. The third-order valence-electron chi connectivity index (χ3n) is 6.13. The number of pyridine rings is 1.